The Morgan fingerprint density at radius 1 is 1.12 bits per heavy atom. The van der Waals surface area contributed by atoms with Crippen molar-refractivity contribution in [3.63, 3.8) is 0 Å². The van der Waals surface area contributed by atoms with E-state index >= 15 is 0 Å². The van der Waals surface area contributed by atoms with Crippen LogP contribution in [0.4, 0.5) is 0 Å². The topological polar surface area (TPSA) is 40.1 Å². The van der Waals surface area contributed by atoms with Gasteiger partial charge in [0, 0.05) is 11.0 Å². The minimum absolute atomic E-state index is 0.247. The number of benzene rings is 1. The van der Waals surface area contributed by atoms with E-state index in [4.69, 9.17) is 11.6 Å². The number of carbonyl (C=O) groups excluding carboxylic acids is 1. The number of aliphatic carboxylic acids is 1. The number of carboxylic acids is 1. The molecule has 2 rings (SSSR count). The molecule has 1 saturated carbocycles. The van der Waals surface area contributed by atoms with Crippen LogP contribution in [0.5, 0.6) is 0 Å². The normalized spacial score (nSPS) is 25.3. The van der Waals surface area contributed by atoms with Gasteiger partial charge < -0.3 is 9.90 Å². The molecule has 0 saturated heterocycles. The standard InChI is InChI=1S/C13H15ClO2/c14-12-7-5-10(6-8-12)9-1-3-11(4-2-9)13(15)16/h5-9,11H,1-4H2,(H,15,16)/p-1. The van der Waals surface area contributed by atoms with Crippen molar-refractivity contribution in [1.29, 1.82) is 0 Å². The Kier molecular flexibility index (Phi) is 3.49. The Balaban J connectivity index is 1.99. The average molecular weight is 238 g/mol. The summed E-state index contributed by atoms with van der Waals surface area (Å²) < 4.78 is 0. The van der Waals surface area contributed by atoms with E-state index in [1.165, 1.54) is 5.56 Å². The van der Waals surface area contributed by atoms with Gasteiger partial charge in [-0.15, -0.1) is 0 Å². The van der Waals surface area contributed by atoms with Gasteiger partial charge in [-0.2, -0.15) is 0 Å². The number of carboxylic acid groups (broad SMARTS) is 1. The zero-order valence-corrected chi connectivity index (χ0v) is 9.74. The molecular weight excluding hydrogens is 224 g/mol. The third-order valence-electron chi connectivity index (χ3n) is 3.40. The van der Waals surface area contributed by atoms with Crippen molar-refractivity contribution in [2.24, 2.45) is 5.92 Å². The van der Waals surface area contributed by atoms with Crippen LogP contribution in [0.15, 0.2) is 24.3 Å². The molecule has 1 fully saturated rings. The van der Waals surface area contributed by atoms with Crippen molar-refractivity contribution in [2.75, 3.05) is 0 Å². The summed E-state index contributed by atoms with van der Waals surface area (Å²) in [4.78, 5) is 10.7. The molecule has 2 nitrogen and oxygen atoms in total. The molecule has 0 unspecified atom stereocenters. The first-order valence-electron chi connectivity index (χ1n) is 5.63. The first kappa shape index (κ1) is 11.5. The molecule has 0 aliphatic heterocycles. The monoisotopic (exact) mass is 237 g/mol. The number of rotatable bonds is 2. The fourth-order valence-corrected chi connectivity index (χ4v) is 2.52. The number of hydrogen-bond donors (Lipinski definition) is 0. The summed E-state index contributed by atoms with van der Waals surface area (Å²) in [7, 11) is 0. The predicted molar refractivity (Wildman–Crippen MR) is 61.2 cm³/mol. The van der Waals surface area contributed by atoms with Crippen LogP contribution >= 0.6 is 11.6 Å². The maximum absolute atomic E-state index is 10.7. The molecule has 0 bridgehead atoms. The van der Waals surface area contributed by atoms with Gasteiger partial charge in [-0.05, 0) is 55.2 Å². The molecule has 0 radical (unpaired) electrons. The third kappa shape index (κ3) is 2.56. The zero-order valence-electron chi connectivity index (χ0n) is 8.99. The second-order valence-corrected chi connectivity index (χ2v) is 4.86. The van der Waals surface area contributed by atoms with Gasteiger partial charge in [0.2, 0.25) is 0 Å². The molecule has 0 heterocycles. The van der Waals surface area contributed by atoms with Crippen molar-refractivity contribution in [3.05, 3.63) is 34.9 Å². The van der Waals surface area contributed by atoms with E-state index in [9.17, 15) is 9.90 Å². The molecule has 0 aromatic heterocycles. The maximum atomic E-state index is 10.7. The van der Waals surface area contributed by atoms with Gasteiger partial charge in [-0.25, -0.2) is 0 Å². The van der Waals surface area contributed by atoms with Gasteiger partial charge in [-0.1, -0.05) is 23.7 Å². The van der Waals surface area contributed by atoms with E-state index in [-0.39, 0.29) is 5.92 Å². The van der Waals surface area contributed by atoms with Gasteiger partial charge in [-0.3, -0.25) is 0 Å². The van der Waals surface area contributed by atoms with Crippen molar-refractivity contribution >= 4 is 17.6 Å². The van der Waals surface area contributed by atoms with Crippen LogP contribution in [0.1, 0.15) is 37.2 Å². The molecule has 1 aliphatic carbocycles. The minimum Gasteiger partial charge on any atom is -0.550 e. The van der Waals surface area contributed by atoms with Crippen LogP contribution in [0.2, 0.25) is 5.02 Å². The Morgan fingerprint density at radius 2 is 1.69 bits per heavy atom. The van der Waals surface area contributed by atoms with Crippen LogP contribution in [0.3, 0.4) is 0 Å². The zero-order chi connectivity index (χ0) is 11.5. The lowest BCUT2D eigenvalue weighted by atomic mass is 9.79. The molecule has 0 atom stereocenters. The second kappa shape index (κ2) is 4.88. The fraction of sp³-hybridized carbons (Fsp3) is 0.462. The highest BCUT2D eigenvalue weighted by molar-refractivity contribution is 6.30. The Hall–Kier alpha value is -1.02. The molecule has 86 valence electrons. The highest BCUT2D eigenvalue weighted by atomic mass is 35.5. The molecule has 1 aromatic rings. The molecule has 3 heteroatoms. The predicted octanol–water partition coefficient (Wildman–Crippen LogP) is 2.36. The van der Waals surface area contributed by atoms with Crippen LogP contribution < -0.4 is 5.11 Å². The van der Waals surface area contributed by atoms with E-state index in [2.05, 4.69) is 0 Å². The summed E-state index contributed by atoms with van der Waals surface area (Å²) in [5, 5.41) is 11.5. The highest BCUT2D eigenvalue weighted by Crippen LogP contribution is 2.35. The van der Waals surface area contributed by atoms with Crippen molar-refractivity contribution in [3.8, 4) is 0 Å². The van der Waals surface area contributed by atoms with Crippen LogP contribution in [-0.4, -0.2) is 5.97 Å². The molecular formula is C13H14ClO2-. The summed E-state index contributed by atoms with van der Waals surface area (Å²) in [5.41, 5.74) is 1.26. The summed E-state index contributed by atoms with van der Waals surface area (Å²) in [6.07, 6.45) is 3.33. The summed E-state index contributed by atoms with van der Waals surface area (Å²) in [5.74, 6) is -0.661. The highest BCUT2D eigenvalue weighted by Gasteiger charge is 2.22. The second-order valence-electron chi connectivity index (χ2n) is 4.42. The van der Waals surface area contributed by atoms with E-state index in [0.29, 0.717) is 5.92 Å². The first-order valence-corrected chi connectivity index (χ1v) is 6.01. The maximum Gasteiger partial charge on any atom is 0.0445 e. The smallest absolute Gasteiger partial charge is 0.0445 e. The van der Waals surface area contributed by atoms with Gasteiger partial charge in [0.1, 0.15) is 0 Å². The lowest BCUT2D eigenvalue weighted by Crippen LogP contribution is -2.33. The summed E-state index contributed by atoms with van der Waals surface area (Å²) in [6, 6.07) is 7.85. The molecule has 0 N–H and O–H groups in total. The Labute approximate surface area is 100 Å². The van der Waals surface area contributed by atoms with Gasteiger partial charge in [0.05, 0.1) is 0 Å². The summed E-state index contributed by atoms with van der Waals surface area (Å²) in [6.45, 7) is 0. The third-order valence-corrected chi connectivity index (χ3v) is 3.65. The van der Waals surface area contributed by atoms with Crippen LogP contribution in [0, 0.1) is 5.92 Å². The molecule has 0 amide bonds. The first-order chi connectivity index (χ1) is 7.66. The van der Waals surface area contributed by atoms with Gasteiger partial charge >= 0.3 is 0 Å². The fourth-order valence-electron chi connectivity index (χ4n) is 2.40. The largest absolute Gasteiger partial charge is 0.550 e. The van der Waals surface area contributed by atoms with E-state index < -0.39 is 5.97 Å². The Bertz CT molecular complexity index is 364. The lowest BCUT2D eigenvalue weighted by Gasteiger charge is -2.29. The van der Waals surface area contributed by atoms with Gasteiger partial charge in [0.25, 0.3) is 0 Å². The average Bonchev–Trinajstić information content (AvgIpc) is 2.30. The van der Waals surface area contributed by atoms with E-state index in [0.717, 1.165) is 30.7 Å². The van der Waals surface area contributed by atoms with E-state index in [1.807, 2.05) is 24.3 Å². The van der Waals surface area contributed by atoms with Crippen molar-refractivity contribution in [1.82, 2.24) is 0 Å². The number of carbonyl (C=O) groups is 1. The van der Waals surface area contributed by atoms with Crippen LogP contribution in [-0.2, 0) is 4.79 Å². The van der Waals surface area contributed by atoms with Gasteiger partial charge in [0.15, 0.2) is 0 Å². The SMILES string of the molecule is O=C([O-])C1CCC(c2ccc(Cl)cc2)CC1. The molecule has 16 heavy (non-hydrogen) atoms. The molecule has 1 aliphatic rings. The minimum atomic E-state index is -0.894. The summed E-state index contributed by atoms with van der Waals surface area (Å²) >= 11 is 5.83. The van der Waals surface area contributed by atoms with Crippen molar-refractivity contribution < 1.29 is 9.90 Å². The molecule has 1 aromatic carbocycles. The van der Waals surface area contributed by atoms with Crippen LogP contribution in [0.25, 0.3) is 0 Å². The van der Waals surface area contributed by atoms with E-state index in [1.54, 1.807) is 0 Å². The number of hydrogen-bond acceptors (Lipinski definition) is 2. The number of halogens is 1. The Morgan fingerprint density at radius 3 is 2.19 bits per heavy atom. The quantitative estimate of drug-likeness (QED) is 0.792. The lowest BCUT2D eigenvalue weighted by molar-refractivity contribution is -0.312. The van der Waals surface area contributed by atoms with Crippen molar-refractivity contribution in [2.45, 2.75) is 31.6 Å². The molecule has 0 spiro atoms.